The second-order valence-electron chi connectivity index (χ2n) is 6.84. The van der Waals surface area contributed by atoms with Crippen molar-refractivity contribution in [2.24, 2.45) is 0 Å². The third-order valence-corrected chi connectivity index (χ3v) is 4.90. The Hall–Kier alpha value is -3.34. The molecule has 0 fully saturated rings. The van der Waals surface area contributed by atoms with Crippen molar-refractivity contribution >= 4 is 11.7 Å². The summed E-state index contributed by atoms with van der Waals surface area (Å²) in [6.07, 6.45) is 1.98. The monoisotopic (exact) mass is 375 g/mol. The van der Waals surface area contributed by atoms with E-state index in [2.05, 4.69) is 5.32 Å². The maximum Gasteiger partial charge on any atom is 0.287 e. The third kappa shape index (κ3) is 3.56. The molecule has 0 atom stereocenters. The van der Waals surface area contributed by atoms with E-state index >= 15 is 0 Å². The number of furan rings is 1. The van der Waals surface area contributed by atoms with Crippen LogP contribution >= 0.6 is 0 Å². The largest absolute Gasteiger partial charge is 0.457 e. The van der Waals surface area contributed by atoms with Crippen molar-refractivity contribution in [2.75, 3.05) is 0 Å². The summed E-state index contributed by atoms with van der Waals surface area (Å²) in [6, 6.07) is 17.0. The van der Waals surface area contributed by atoms with Gasteiger partial charge in [0.1, 0.15) is 17.3 Å². The van der Waals surface area contributed by atoms with Gasteiger partial charge in [0.05, 0.1) is 5.56 Å². The fraction of sp³-hybridized carbons (Fsp3) is 0.217. The Morgan fingerprint density at radius 3 is 2.61 bits per heavy atom. The molecule has 0 radical (unpaired) electrons. The zero-order valence-electron chi connectivity index (χ0n) is 15.7. The van der Waals surface area contributed by atoms with Crippen molar-refractivity contribution < 1.29 is 18.7 Å². The van der Waals surface area contributed by atoms with Crippen LogP contribution in [0.1, 0.15) is 50.6 Å². The van der Waals surface area contributed by atoms with E-state index in [1.54, 1.807) is 6.92 Å². The summed E-state index contributed by atoms with van der Waals surface area (Å²) in [4.78, 5) is 24.8. The molecule has 0 unspecified atom stereocenters. The molecule has 28 heavy (non-hydrogen) atoms. The molecule has 5 nitrogen and oxygen atoms in total. The summed E-state index contributed by atoms with van der Waals surface area (Å²) in [7, 11) is 0. The Kier molecular flexibility index (Phi) is 4.98. The lowest BCUT2D eigenvalue weighted by molar-refractivity contribution is 0.0917. The fourth-order valence-electron chi connectivity index (χ4n) is 3.49. The highest BCUT2D eigenvalue weighted by Gasteiger charge is 2.28. The number of benzene rings is 2. The summed E-state index contributed by atoms with van der Waals surface area (Å²) in [5, 5.41) is 2.88. The average molecular weight is 375 g/mol. The molecule has 3 aromatic rings. The molecular weight excluding hydrogens is 354 g/mol. The molecule has 1 amide bonds. The Labute approximate surface area is 163 Å². The maximum absolute atomic E-state index is 12.7. The van der Waals surface area contributed by atoms with Crippen LogP contribution in [0.4, 0.5) is 0 Å². The molecule has 1 N–H and O–H groups in total. The minimum absolute atomic E-state index is 0.0585. The van der Waals surface area contributed by atoms with Crippen LogP contribution < -0.4 is 10.1 Å². The molecule has 0 aliphatic heterocycles. The Balaban J connectivity index is 1.50. The van der Waals surface area contributed by atoms with Gasteiger partial charge in [-0.15, -0.1) is 0 Å². The highest BCUT2D eigenvalue weighted by atomic mass is 16.5. The van der Waals surface area contributed by atoms with Crippen LogP contribution in [0, 0.1) is 6.92 Å². The van der Waals surface area contributed by atoms with E-state index in [4.69, 9.17) is 9.15 Å². The third-order valence-electron chi connectivity index (χ3n) is 4.90. The number of ketones is 1. The molecule has 2 aromatic carbocycles. The first-order valence-corrected chi connectivity index (χ1v) is 9.38. The summed E-state index contributed by atoms with van der Waals surface area (Å²) in [5.74, 6) is 2.00. The molecule has 142 valence electrons. The highest BCUT2D eigenvalue weighted by Crippen LogP contribution is 2.30. The van der Waals surface area contributed by atoms with E-state index in [1.807, 2.05) is 54.6 Å². The van der Waals surface area contributed by atoms with E-state index in [9.17, 15) is 9.59 Å². The van der Waals surface area contributed by atoms with E-state index in [0.29, 0.717) is 42.0 Å². The molecule has 0 saturated carbocycles. The Morgan fingerprint density at radius 2 is 1.82 bits per heavy atom. The van der Waals surface area contributed by atoms with Gasteiger partial charge >= 0.3 is 0 Å². The molecule has 1 aliphatic carbocycles. The minimum Gasteiger partial charge on any atom is -0.457 e. The number of para-hydroxylation sites is 2. The summed E-state index contributed by atoms with van der Waals surface area (Å²) in [6.45, 7) is 2.06. The predicted octanol–water partition coefficient (Wildman–Crippen LogP) is 4.83. The Morgan fingerprint density at radius 1 is 1.07 bits per heavy atom. The van der Waals surface area contributed by atoms with E-state index in [0.717, 1.165) is 17.7 Å². The van der Waals surface area contributed by atoms with Crippen LogP contribution in [0.3, 0.4) is 0 Å². The molecule has 1 heterocycles. The smallest absolute Gasteiger partial charge is 0.287 e. The number of hydrogen-bond donors (Lipinski definition) is 1. The fourth-order valence-corrected chi connectivity index (χ4v) is 3.49. The van der Waals surface area contributed by atoms with E-state index < -0.39 is 0 Å². The van der Waals surface area contributed by atoms with Gasteiger partial charge in [0.25, 0.3) is 5.91 Å². The average Bonchev–Trinajstić information content (AvgIpc) is 3.06. The summed E-state index contributed by atoms with van der Waals surface area (Å²) in [5.41, 5.74) is 2.07. The Bertz CT molecular complexity index is 1020. The van der Waals surface area contributed by atoms with Crippen LogP contribution in [-0.4, -0.2) is 11.7 Å². The number of ether oxygens (including phenoxy) is 1. The van der Waals surface area contributed by atoms with Crippen molar-refractivity contribution in [3.63, 3.8) is 0 Å². The van der Waals surface area contributed by atoms with Crippen LogP contribution in [0.5, 0.6) is 11.5 Å². The number of aryl methyl sites for hydroxylation is 1. The first kappa shape index (κ1) is 18.0. The van der Waals surface area contributed by atoms with E-state index in [1.165, 1.54) is 0 Å². The summed E-state index contributed by atoms with van der Waals surface area (Å²) >= 11 is 0. The highest BCUT2D eigenvalue weighted by molar-refractivity contribution is 6.03. The zero-order chi connectivity index (χ0) is 19.5. The zero-order valence-corrected chi connectivity index (χ0v) is 15.7. The van der Waals surface area contributed by atoms with Gasteiger partial charge < -0.3 is 14.5 Å². The number of hydrogen-bond acceptors (Lipinski definition) is 4. The number of carbonyl (C=O) groups is 2. The molecule has 0 spiro atoms. The van der Waals surface area contributed by atoms with Crippen molar-refractivity contribution in [2.45, 2.75) is 32.7 Å². The molecular formula is C23H21NO4. The number of Topliss-reactive ketones (excluding diaryl/α,β-unsaturated/α-hetero) is 1. The van der Waals surface area contributed by atoms with Gasteiger partial charge in [-0.1, -0.05) is 36.4 Å². The SMILES string of the molecule is Cc1c(C(=O)NCc2ccccc2Oc2ccccc2)oc2c1C(=O)CCC2. The van der Waals surface area contributed by atoms with Gasteiger partial charge in [-0.3, -0.25) is 9.59 Å². The number of nitrogens with one attached hydrogen (secondary N) is 1. The van der Waals surface area contributed by atoms with Crippen LogP contribution in [0.15, 0.2) is 59.0 Å². The second-order valence-corrected chi connectivity index (χ2v) is 6.84. The lowest BCUT2D eigenvalue weighted by Gasteiger charge is -2.11. The van der Waals surface area contributed by atoms with Crippen LogP contribution in [-0.2, 0) is 13.0 Å². The molecule has 0 saturated heterocycles. The van der Waals surface area contributed by atoms with Gasteiger partial charge in [-0.25, -0.2) is 0 Å². The molecule has 1 aliphatic rings. The lowest BCUT2D eigenvalue weighted by Crippen LogP contribution is -2.23. The lowest BCUT2D eigenvalue weighted by atomic mass is 9.94. The number of fused-ring (bicyclic) bond motifs is 1. The maximum atomic E-state index is 12.7. The van der Waals surface area contributed by atoms with Crippen molar-refractivity contribution in [3.8, 4) is 11.5 Å². The summed E-state index contributed by atoms with van der Waals surface area (Å²) < 4.78 is 11.7. The van der Waals surface area contributed by atoms with Gasteiger partial charge in [0.15, 0.2) is 11.5 Å². The molecule has 1 aromatic heterocycles. The first-order chi connectivity index (χ1) is 13.6. The predicted molar refractivity (Wildman–Crippen MR) is 105 cm³/mol. The second kappa shape index (κ2) is 7.72. The van der Waals surface area contributed by atoms with Gasteiger partial charge in [-0.05, 0) is 31.5 Å². The molecule has 4 rings (SSSR count). The van der Waals surface area contributed by atoms with Crippen LogP contribution in [0.25, 0.3) is 0 Å². The standard InChI is InChI=1S/C23H21NO4/c1-15-21-18(25)11-7-13-20(21)28-22(15)23(26)24-14-16-8-5-6-12-19(16)27-17-9-3-2-4-10-17/h2-6,8-10,12H,7,11,13-14H2,1H3,(H,24,26). The number of rotatable bonds is 5. The topological polar surface area (TPSA) is 68.5 Å². The van der Waals surface area contributed by atoms with Crippen molar-refractivity contribution in [1.82, 2.24) is 5.32 Å². The van der Waals surface area contributed by atoms with Gasteiger partial charge in [-0.2, -0.15) is 0 Å². The van der Waals surface area contributed by atoms with Gasteiger partial charge in [0, 0.05) is 30.5 Å². The first-order valence-electron chi connectivity index (χ1n) is 9.38. The van der Waals surface area contributed by atoms with Gasteiger partial charge in [0.2, 0.25) is 0 Å². The van der Waals surface area contributed by atoms with Crippen molar-refractivity contribution in [3.05, 3.63) is 82.8 Å². The normalized spacial score (nSPS) is 13.1. The quantitative estimate of drug-likeness (QED) is 0.693. The molecule has 5 heteroatoms. The number of amides is 1. The van der Waals surface area contributed by atoms with E-state index in [-0.39, 0.29) is 17.5 Å². The van der Waals surface area contributed by atoms with Crippen molar-refractivity contribution in [1.29, 1.82) is 0 Å². The number of carbonyl (C=O) groups excluding carboxylic acids is 2. The van der Waals surface area contributed by atoms with Crippen LogP contribution in [0.2, 0.25) is 0 Å². The molecule has 0 bridgehead atoms. The minimum atomic E-state index is -0.325.